The lowest BCUT2D eigenvalue weighted by atomic mass is 10.4. The molecule has 92 valence electrons. The van der Waals surface area contributed by atoms with E-state index < -0.39 is 25.5 Å². The van der Waals surface area contributed by atoms with Gasteiger partial charge in [0.05, 0.1) is 26.4 Å². The normalized spacial score (nSPS) is 14.2. The Morgan fingerprint density at radius 1 is 1.13 bits per heavy atom. The summed E-state index contributed by atoms with van der Waals surface area (Å²) in [6.45, 7) is -1.17. The molecule has 0 fully saturated rings. The van der Waals surface area contributed by atoms with Crippen LogP contribution in [-0.2, 0) is 14.2 Å². The Hall–Kier alpha value is -0.370. The third kappa shape index (κ3) is 11.6. The highest BCUT2D eigenvalue weighted by molar-refractivity contribution is 4.53. The van der Waals surface area contributed by atoms with Crippen LogP contribution in [0.15, 0.2) is 0 Å². The Labute approximate surface area is 85.9 Å². The molecule has 1 atom stereocenters. The SMILES string of the molecule is COCCOCC(O)COCC(F)(F)F. The van der Waals surface area contributed by atoms with Gasteiger partial charge in [-0.2, -0.15) is 13.2 Å². The molecule has 0 rings (SSSR count). The zero-order valence-electron chi connectivity index (χ0n) is 8.42. The van der Waals surface area contributed by atoms with Crippen LogP contribution in [0.25, 0.3) is 0 Å². The Morgan fingerprint density at radius 3 is 2.27 bits per heavy atom. The van der Waals surface area contributed by atoms with Crippen LogP contribution in [0.1, 0.15) is 0 Å². The van der Waals surface area contributed by atoms with Gasteiger partial charge in [0.2, 0.25) is 0 Å². The number of methoxy groups -OCH3 is 1. The van der Waals surface area contributed by atoms with Gasteiger partial charge in [-0.25, -0.2) is 0 Å². The second-order valence-electron chi connectivity index (χ2n) is 2.85. The summed E-state index contributed by atoms with van der Waals surface area (Å²) < 4.78 is 48.6. The molecule has 1 unspecified atom stereocenters. The van der Waals surface area contributed by atoms with Gasteiger partial charge in [0.25, 0.3) is 0 Å². The molecule has 0 aliphatic heterocycles. The number of alkyl halides is 3. The molecular formula is C8H15F3O4. The number of rotatable bonds is 8. The summed E-state index contributed by atoms with van der Waals surface area (Å²) in [4.78, 5) is 0. The van der Waals surface area contributed by atoms with E-state index in [4.69, 9.17) is 9.84 Å². The second-order valence-corrected chi connectivity index (χ2v) is 2.85. The maximum atomic E-state index is 11.6. The lowest BCUT2D eigenvalue weighted by Gasteiger charge is -2.12. The molecule has 0 amide bonds. The summed E-state index contributed by atoms with van der Waals surface area (Å²) in [6, 6.07) is 0. The summed E-state index contributed by atoms with van der Waals surface area (Å²) in [5.74, 6) is 0. The molecule has 15 heavy (non-hydrogen) atoms. The van der Waals surface area contributed by atoms with Gasteiger partial charge in [0.15, 0.2) is 0 Å². The first-order valence-electron chi connectivity index (χ1n) is 4.35. The van der Waals surface area contributed by atoms with E-state index in [0.717, 1.165) is 0 Å². The zero-order chi connectivity index (χ0) is 11.7. The van der Waals surface area contributed by atoms with Crippen LogP contribution in [-0.4, -0.2) is 57.5 Å². The summed E-state index contributed by atoms with van der Waals surface area (Å²) in [7, 11) is 1.49. The first kappa shape index (κ1) is 14.6. The molecule has 0 aliphatic carbocycles. The fraction of sp³-hybridized carbons (Fsp3) is 1.00. The molecule has 7 heteroatoms. The van der Waals surface area contributed by atoms with Gasteiger partial charge in [0, 0.05) is 7.11 Å². The van der Waals surface area contributed by atoms with Gasteiger partial charge in [0.1, 0.15) is 12.7 Å². The molecule has 4 nitrogen and oxygen atoms in total. The lowest BCUT2D eigenvalue weighted by molar-refractivity contribution is -0.180. The molecule has 0 radical (unpaired) electrons. The van der Waals surface area contributed by atoms with Gasteiger partial charge < -0.3 is 19.3 Å². The van der Waals surface area contributed by atoms with Crippen molar-refractivity contribution in [3.8, 4) is 0 Å². The largest absolute Gasteiger partial charge is 0.411 e. The molecule has 0 aliphatic rings. The summed E-state index contributed by atoms with van der Waals surface area (Å²) in [5.41, 5.74) is 0. The van der Waals surface area contributed by atoms with Crippen LogP contribution in [0.2, 0.25) is 0 Å². The van der Waals surface area contributed by atoms with Gasteiger partial charge >= 0.3 is 6.18 Å². The van der Waals surface area contributed by atoms with Crippen molar-refractivity contribution in [1.29, 1.82) is 0 Å². The van der Waals surface area contributed by atoms with Crippen molar-refractivity contribution in [2.45, 2.75) is 12.3 Å². The average Bonchev–Trinajstić information content (AvgIpc) is 2.10. The third-order valence-corrected chi connectivity index (χ3v) is 1.32. The van der Waals surface area contributed by atoms with Crippen LogP contribution >= 0.6 is 0 Å². The van der Waals surface area contributed by atoms with Crippen LogP contribution in [0.3, 0.4) is 0 Å². The van der Waals surface area contributed by atoms with Crippen molar-refractivity contribution in [2.75, 3.05) is 40.1 Å². The third-order valence-electron chi connectivity index (χ3n) is 1.32. The minimum Gasteiger partial charge on any atom is -0.388 e. The fourth-order valence-corrected chi connectivity index (χ4v) is 0.720. The quantitative estimate of drug-likeness (QED) is 0.622. The van der Waals surface area contributed by atoms with Gasteiger partial charge in [-0.05, 0) is 0 Å². The Bertz CT molecular complexity index is 151. The number of halogens is 3. The average molecular weight is 232 g/mol. The summed E-state index contributed by atoms with van der Waals surface area (Å²) in [6.07, 6.45) is -5.42. The van der Waals surface area contributed by atoms with E-state index in [1.807, 2.05) is 0 Å². The number of hydrogen-bond donors (Lipinski definition) is 1. The van der Waals surface area contributed by atoms with E-state index >= 15 is 0 Å². The van der Waals surface area contributed by atoms with E-state index in [-0.39, 0.29) is 13.2 Å². The topological polar surface area (TPSA) is 47.9 Å². The van der Waals surface area contributed by atoms with Crippen molar-refractivity contribution < 1.29 is 32.5 Å². The van der Waals surface area contributed by atoms with Gasteiger partial charge in [-0.3, -0.25) is 0 Å². The number of ether oxygens (including phenoxy) is 3. The van der Waals surface area contributed by atoms with E-state index in [1.165, 1.54) is 7.11 Å². The van der Waals surface area contributed by atoms with Crippen LogP contribution in [0.4, 0.5) is 13.2 Å². The first-order valence-corrected chi connectivity index (χ1v) is 4.35. The van der Waals surface area contributed by atoms with Crippen LogP contribution in [0.5, 0.6) is 0 Å². The van der Waals surface area contributed by atoms with Crippen LogP contribution < -0.4 is 0 Å². The molecule has 0 spiro atoms. The Balaban J connectivity index is 3.29. The first-order chi connectivity index (χ1) is 6.95. The molecule has 1 N–H and O–H groups in total. The molecule has 0 aromatic heterocycles. The Kier molecular flexibility index (Phi) is 7.67. The second kappa shape index (κ2) is 7.86. The maximum Gasteiger partial charge on any atom is 0.411 e. The number of aliphatic hydroxyl groups is 1. The minimum absolute atomic E-state index is 0.0682. The Morgan fingerprint density at radius 2 is 1.73 bits per heavy atom. The molecule has 0 bridgehead atoms. The predicted octanol–water partition coefficient (Wildman–Crippen LogP) is 0.589. The highest BCUT2D eigenvalue weighted by Gasteiger charge is 2.27. The zero-order valence-corrected chi connectivity index (χ0v) is 8.42. The van der Waals surface area contributed by atoms with Crippen molar-refractivity contribution >= 4 is 0 Å². The smallest absolute Gasteiger partial charge is 0.388 e. The molecule has 0 heterocycles. The minimum atomic E-state index is -4.36. The highest BCUT2D eigenvalue weighted by atomic mass is 19.4. The van der Waals surface area contributed by atoms with Crippen molar-refractivity contribution in [2.24, 2.45) is 0 Å². The lowest BCUT2D eigenvalue weighted by Crippen LogP contribution is -2.26. The van der Waals surface area contributed by atoms with Gasteiger partial charge in [-0.15, -0.1) is 0 Å². The monoisotopic (exact) mass is 232 g/mol. The highest BCUT2D eigenvalue weighted by Crippen LogP contribution is 2.14. The predicted molar refractivity (Wildman–Crippen MR) is 45.6 cm³/mol. The van der Waals surface area contributed by atoms with Gasteiger partial charge in [-0.1, -0.05) is 0 Å². The molecule has 0 saturated heterocycles. The van der Waals surface area contributed by atoms with E-state index in [1.54, 1.807) is 0 Å². The molecular weight excluding hydrogens is 217 g/mol. The van der Waals surface area contributed by atoms with E-state index in [2.05, 4.69) is 9.47 Å². The maximum absolute atomic E-state index is 11.6. The molecule has 0 saturated carbocycles. The van der Waals surface area contributed by atoms with Crippen molar-refractivity contribution in [1.82, 2.24) is 0 Å². The summed E-state index contributed by atoms with van der Waals surface area (Å²) in [5, 5.41) is 9.09. The fourth-order valence-electron chi connectivity index (χ4n) is 0.720. The van der Waals surface area contributed by atoms with Crippen molar-refractivity contribution in [3.63, 3.8) is 0 Å². The standard InChI is InChI=1S/C8H15F3O4/c1-13-2-3-14-4-7(12)5-15-6-8(9,10)11/h7,12H,2-6H2,1H3. The van der Waals surface area contributed by atoms with Crippen LogP contribution in [0, 0.1) is 0 Å². The molecule has 0 aromatic rings. The van der Waals surface area contributed by atoms with E-state index in [0.29, 0.717) is 6.61 Å². The number of aliphatic hydroxyl groups excluding tert-OH is 1. The molecule has 0 aromatic carbocycles. The van der Waals surface area contributed by atoms with E-state index in [9.17, 15) is 13.2 Å². The number of hydrogen-bond acceptors (Lipinski definition) is 4. The van der Waals surface area contributed by atoms with Crippen molar-refractivity contribution in [3.05, 3.63) is 0 Å². The summed E-state index contributed by atoms with van der Waals surface area (Å²) >= 11 is 0.